The van der Waals surface area contributed by atoms with Crippen molar-refractivity contribution in [1.82, 2.24) is 4.90 Å². The lowest BCUT2D eigenvalue weighted by Crippen LogP contribution is -2.49. The van der Waals surface area contributed by atoms with Crippen LogP contribution in [0.1, 0.15) is 5.56 Å². The molecule has 0 spiro atoms. The van der Waals surface area contributed by atoms with Gasteiger partial charge in [0, 0.05) is 31.9 Å². The minimum Gasteiger partial charge on any atom is -0.489 e. The van der Waals surface area contributed by atoms with Crippen molar-refractivity contribution in [2.75, 3.05) is 37.0 Å². The molecule has 0 aliphatic carbocycles. The Labute approximate surface area is 147 Å². The van der Waals surface area contributed by atoms with Gasteiger partial charge in [0.15, 0.2) is 0 Å². The van der Waals surface area contributed by atoms with Crippen molar-refractivity contribution >= 4 is 23.2 Å². The zero-order valence-corrected chi connectivity index (χ0v) is 14.3. The number of amides is 1. The van der Waals surface area contributed by atoms with Gasteiger partial charge in [-0.15, -0.1) is 11.6 Å². The molecule has 2 aromatic rings. The highest BCUT2D eigenvalue weighted by molar-refractivity contribution is 6.27. The quantitative estimate of drug-likeness (QED) is 0.781. The maximum Gasteiger partial charge on any atom is 0.237 e. The summed E-state index contributed by atoms with van der Waals surface area (Å²) in [6.45, 7) is 3.66. The maximum absolute atomic E-state index is 11.6. The zero-order valence-electron chi connectivity index (χ0n) is 13.5. The molecule has 126 valence electrons. The number of rotatable bonds is 5. The van der Waals surface area contributed by atoms with Gasteiger partial charge in [0.2, 0.25) is 5.91 Å². The third-order valence-electron chi connectivity index (χ3n) is 4.20. The predicted octanol–water partition coefficient (Wildman–Crippen LogP) is 3.15. The fourth-order valence-corrected chi connectivity index (χ4v) is 2.96. The molecular formula is C19H21ClN2O2. The van der Waals surface area contributed by atoms with Crippen molar-refractivity contribution in [2.45, 2.75) is 6.61 Å². The van der Waals surface area contributed by atoms with Gasteiger partial charge in [-0.3, -0.25) is 4.79 Å². The first kappa shape index (κ1) is 16.7. The van der Waals surface area contributed by atoms with Gasteiger partial charge in [-0.2, -0.15) is 0 Å². The minimum atomic E-state index is 0.0148. The molecule has 0 bridgehead atoms. The number of nitrogens with zero attached hydrogens (tertiary/aromatic N) is 2. The predicted molar refractivity (Wildman–Crippen MR) is 96.7 cm³/mol. The average Bonchev–Trinajstić information content (AvgIpc) is 2.67. The number of carbonyl (C=O) groups is 1. The first-order chi connectivity index (χ1) is 11.8. The van der Waals surface area contributed by atoms with Gasteiger partial charge in [0.1, 0.15) is 18.2 Å². The Morgan fingerprint density at radius 2 is 1.62 bits per heavy atom. The van der Waals surface area contributed by atoms with E-state index < -0.39 is 0 Å². The summed E-state index contributed by atoms with van der Waals surface area (Å²) >= 11 is 5.61. The molecule has 1 aliphatic rings. The average molecular weight is 345 g/mol. The Balaban J connectivity index is 1.52. The van der Waals surface area contributed by atoms with Gasteiger partial charge in [0.25, 0.3) is 0 Å². The SMILES string of the molecule is O=C(CCl)N1CCN(c2ccc(OCc3ccccc3)cc2)CC1. The van der Waals surface area contributed by atoms with Crippen LogP contribution in [0, 0.1) is 0 Å². The Hall–Kier alpha value is -2.20. The molecule has 0 radical (unpaired) electrons. The monoisotopic (exact) mass is 344 g/mol. The third kappa shape index (κ3) is 4.20. The maximum atomic E-state index is 11.6. The van der Waals surface area contributed by atoms with Crippen molar-refractivity contribution in [2.24, 2.45) is 0 Å². The van der Waals surface area contributed by atoms with Crippen molar-refractivity contribution in [3.8, 4) is 5.75 Å². The lowest BCUT2D eigenvalue weighted by Gasteiger charge is -2.35. The van der Waals surface area contributed by atoms with Crippen LogP contribution in [0.2, 0.25) is 0 Å². The zero-order chi connectivity index (χ0) is 16.8. The molecule has 0 aromatic heterocycles. The molecule has 5 heteroatoms. The first-order valence-electron chi connectivity index (χ1n) is 8.12. The van der Waals surface area contributed by atoms with E-state index in [0.717, 1.165) is 43.2 Å². The second-order valence-corrected chi connectivity index (χ2v) is 6.04. The van der Waals surface area contributed by atoms with Gasteiger partial charge in [-0.05, 0) is 29.8 Å². The van der Waals surface area contributed by atoms with E-state index in [0.29, 0.717) is 6.61 Å². The summed E-state index contributed by atoms with van der Waals surface area (Å²) in [6, 6.07) is 18.2. The number of halogens is 1. The molecule has 24 heavy (non-hydrogen) atoms. The third-order valence-corrected chi connectivity index (χ3v) is 4.43. The number of anilines is 1. The van der Waals surface area contributed by atoms with Crippen LogP contribution in [0.3, 0.4) is 0 Å². The summed E-state index contributed by atoms with van der Waals surface area (Å²) in [6.07, 6.45) is 0. The smallest absolute Gasteiger partial charge is 0.237 e. The number of alkyl halides is 1. The van der Waals surface area contributed by atoms with Gasteiger partial charge in [-0.25, -0.2) is 0 Å². The number of hydrogen-bond acceptors (Lipinski definition) is 3. The largest absolute Gasteiger partial charge is 0.489 e. The van der Waals surface area contributed by atoms with E-state index in [1.54, 1.807) is 0 Å². The van der Waals surface area contributed by atoms with Crippen LogP contribution in [0.25, 0.3) is 0 Å². The molecule has 0 saturated carbocycles. The van der Waals surface area contributed by atoms with Gasteiger partial charge in [-0.1, -0.05) is 30.3 Å². The molecule has 0 unspecified atom stereocenters. The number of piperazine rings is 1. The molecule has 0 N–H and O–H groups in total. The number of hydrogen-bond donors (Lipinski definition) is 0. The van der Waals surface area contributed by atoms with E-state index in [2.05, 4.69) is 29.2 Å². The van der Waals surface area contributed by atoms with Crippen molar-refractivity contribution in [3.05, 3.63) is 60.2 Å². The summed E-state index contributed by atoms with van der Waals surface area (Å²) in [5, 5.41) is 0. The molecule has 0 atom stereocenters. The van der Waals surface area contributed by atoms with E-state index in [9.17, 15) is 4.79 Å². The van der Waals surface area contributed by atoms with Gasteiger partial charge >= 0.3 is 0 Å². The standard InChI is InChI=1S/C19H21ClN2O2/c20-14-19(23)22-12-10-21(11-13-22)17-6-8-18(9-7-17)24-15-16-4-2-1-3-5-16/h1-9H,10-15H2. The topological polar surface area (TPSA) is 32.8 Å². The molecular weight excluding hydrogens is 324 g/mol. The molecule has 2 aromatic carbocycles. The second-order valence-electron chi connectivity index (χ2n) is 5.77. The Morgan fingerprint density at radius 1 is 0.958 bits per heavy atom. The van der Waals surface area contributed by atoms with E-state index >= 15 is 0 Å². The van der Waals surface area contributed by atoms with Crippen molar-refractivity contribution in [3.63, 3.8) is 0 Å². The first-order valence-corrected chi connectivity index (χ1v) is 8.65. The molecule has 1 amide bonds. The summed E-state index contributed by atoms with van der Waals surface area (Å²) in [4.78, 5) is 15.7. The van der Waals surface area contributed by atoms with Crippen LogP contribution < -0.4 is 9.64 Å². The van der Waals surface area contributed by atoms with Gasteiger partial charge < -0.3 is 14.5 Å². The second kappa shape index (κ2) is 8.06. The molecule has 1 fully saturated rings. The highest BCUT2D eigenvalue weighted by Crippen LogP contribution is 2.21. The molecule has 3 rings (SSSR count). The van der Waals surface area contributed by atoms with Gasteiger partial charge in [0.05, 0.1) is 0 Å². The van der Waals surface area contributed by atoms with Crippen LogP contribution in [-0.4, -0.2) is 42.9 Å². The normalized spacial score (nSPS) is 14.5. The fraction of sp³-hybridized carbons (Fsp3) is 0.316. The molecule has 1 saturated heterocycles. The Bertz CT molecular complexity index is 653. The highest BCUT2D eigenvalue weighted by Gasteiger charge is 2.20. The molecule has 1 aliphatic heterocycles. The van der Waals surface area contributed by atoms with E-state index in [4.69, 9.17) is 16.3 Å². The summed E-state index contributed by atoms with van der Waals surface area (Å²) in [7, 11) is 0. The van der Waals surface area contributed by atoms with Crippen LogP contribution >= 0.6 is 11.6 Å². The summed E-state index contributed by atoms with van der Waals surface area (Å²) in [5.41, 5.74) is 2.31. The number of carbonyl (C=O) groups excluding carboxylic acids is 1. The van der Waals surface area contributed by atoms with Crippen molar-refractivity contribution in [1.29, 1.82) is 0 Å². The van der Waals surface area contributed by atoms with Crippen LogP contribution in [-0.2, 0) is 11.4 Å². The van der Waals surface area contributed by atoms with Crippen molar-refractivity contribution < 1.29 is 9.53 Å². The van der Waals surface area contributed by atoms with E-state index in [-0.39, 0.29) is 11.8 Å². The molecule has 4 nitrogen and oxygen atoms in total. The van der Waals surface area contributed by atoms with Crippen LogP contribution in [0.4, 0.5) is 5.69 Å². The summed E-state index contributed by atoms with van der Waals surface area (Å²) in [5.74, 6) is 0.938. The lowest BCUT2D eigenvalue weighted by atomic mass is 10.2. The van der Waals surface area contributed by atoms with Crippen LogP contribution in [0.15, 0.2) is 54.6 Å². The van der Waals surface area contributed by atoms with Crippen LogP contribution in [0.5, 0.6) is 5.75 Å². The number of benzene rings is 2. The lowest BCUT2D eigenvalue weighted by molar-refractivity contribution is -0.128. The van der Waals surface area contributed by atoms with E-state index in [1.165, 1.54) is 0 Å². The fourth-order valence-electron chi connectivity index (χ4n) is 2.79. The minimum absolute atomic E-state index is 0.0148. The Kier molecular flexibility index (Phi) is 5.59. The summed E-state index contributed by atoms with van der Waals surface area (Å²) < 4.78 is 5.81. The van der Waals surface area contributed by atoms with E-state index in [1.807, 2.05) is 35.2 Å². The highest BCUT2D eigenvalue weighted by atomic mass is 35.5. The Morgan fingerprint density at radius 3 is 2.25 bits per heavy atom. The molecule has 1 heterocycles. The number of ether oxygens (including phenoxy) is 1.